The lowest BCUT2D eigenvalue weighted by molar-refractivity contribution is -0.141. The van der Waals surface area contributed by atoms with Crippen molar-refractivity contribution in [2.24, 2.45) is 0 Å². The molecular weight excluding hydrogens is 311 g/mol. The molecule has 0 unspecified atom stereocenters. The van der Waals surface area contributed by atoms with Gasteiger partial charge in [0.1, 0.15) is 0 Å². The van der Waals surface area contributed by atoms with Crippen molar-refractivity contribution in [3.63, 3.8) is 0 Å². The van der Waals surface area contributed by atoms with E-state index in [4.69, 9.17) is 5.73 Å². The van der Waals surface area contributed by atoms with E-state index >= 15 is 0 Å². The average Bonchev–Trinajstić information content (AvgIpc) is 2.64. The Morgan fingerprint density at radius 2 is 2.00 bits per heavy atom. The quantitative estimate of drug-likeness (QED) is 0.817. The first-order valence-electron chi connectivity index (χ1n) is 4.98. The minimum atomic E-state index is -4.48. The van der Waals surface area contributed by atoms with E-state index in [1.807, 2.05) is 0 Å². The zero-order valence-corrected chi connectivity index (χ0v) is 10.9. The van der Waals surface area contributed by atoms with Crippen LogP contribution in [0.25, 0.3) is 5.69 Å². The molecule has 0 spiro atoms. The fourth-order valence-corrected chi connectivity index (χ4v) is 1.98. The average molecular weight is 320 g/mol. The van der Waals surface area contributed by atoms with E-state index in [-0.39, 0.29) is 4.47 Å². The number of aryl methyl sites for hydroxylation is 1. The number of rotatable bonds is 1. The molecule has 0 saturated heterocycles. The van der Waals surface area contributed by atoms with Gasteiger partial charge in [-0.15, -0.1) is 0 Å². The van der Waals surface area contributed by atoms with Crippen LogP contribution in [0.2, 0.25) is 0 Å². The van der Waals surface area contributed by atoms with Gasteiger partial charge >= 0.3 is 6.18 Å². The van der Waals surface area contributed by atoms with Gasteiger partial charge in [-0.05, 0) is 46.6 Å². The van der Waals surface area contributed by atoms with Crippen molar-refractivity contribution in [1.82, 2.24) is 9.78 Å². The summed E-state index contributed by atoms with van der Waals surface area (Å²) in [5.41, 5.74) is 6.60. The molecule has 0 bridgehead atoms. The van der Waals surface area contributed by atoms with Crippen LogP contribution >= 0.6 is 15.9 Å². The van der Waals surface area contributed by atoms with Crippen molar-refractivity contribution in [2.75, 3.05) is 5.73 Å². The number of benzene rings is 1. The predicted molar refractivity (Wildman–Crippen MR) is 65.4 cm³/mol. The fraction of sp³-hybridized carbons (Fsp3) is 0.182. The first-order valence-corrected chi connectivity index (χ1v) is 5.77. The van der Waals surface area contributed by atoms with Crippen LogP contribution in [-0.4, -0.2) is 9.78 Å². The topological polar surface area (TPSA) is 43.8 Å². The van der Waals surface area contributed by atoms with E-state index in [2.05, 4.69) is 21.0 Å². The molecule has 0 atom stereocenters. The number of hydrogen-bond donors (Lipinski definition) is 1. The first-order chi connectivity index (χ1) is 8.29. The summed E-state index contributed by atoms with van der Waals surface area (Å²) >= 11 is 2.86. The highest BCUT2D eigenvalue weighted by Crippen LogP contribution is 2.34. The predicted octanol–water partition coefficient (Wildman–Crippen LogP) is 3.54. The molecule has 0 fully saturated rings. The van der Waals surface area contributed by atoms with Crippen molar-refractivity contribution >= 4 is 21.6 Å². The molecule has 2 aromatic rings. The normalized spacial score (nSPS) is 11.8. The largest absolute Gasteiger partial charge is 0.436 e. The van der Waals surface area contributed by atoms with Gasteiger partial charge in [-0.25, -0.2) is 4.68 Å². The van der Waals surface area contributed by atoms with Crippen LogP contribution in [0.15, 0.2) is 28.9 Å². The Kier molecular flexibility index (Phi) is 3.10. The molecule has 3 nitrogen and oxygen atoms in total. The maximum Gasteiger partial charge on any atom is 0.436 e. The van der Waals surface area contributed by atoms with Gasteiger partial charge < -0.3 is 5.73 Å². The van der Waals surface area contributed by atoms with Crippen molar-refractivity contribution in [3.8, 4) is 5.69 Å². The Morgan fingerprint density at radius 3 is 2.50 bits per heavy atom. The summed E-state index contributed by atoms with van der Waals surface area (Å²) in [6.07, 6.45) is -3.21. The Morgan fingerprint density at radius 1 is 1.33 bits per heavy atom. The maximum atomic E-state index is 12.6. The van der Waals surface area contributed by atoms with Crippen molar-refractivity contribution in [3.05, 3.63) is 40.1 Å². The highest BCUT2D eigenvalue weighted by molar-refractivity contribution is 9.10. The molecule has 1 heterocycles. The van der Waals surface area contributed by atoms with E-state index in [1.165, 1.54) is 10.9 Å². The second kappa shape index (κ2) is 4.31. The van der Waals surface area contributed by atoms with Crippen LogP contribution in [0.1, 0.15) is 11.3 Å². The summed E-state index contributed by atoms with van der Waals surface area (Å²) in [6, 6.07) is 4.92. The molecule has 2 N–H and O–H groups in total. The number of halogens is 4. The molecule has 0 aliphatic carbocycles. The molecule has 0 radical (unpaired) electrons. The Balaban J connectivity index is 2.49. The molecule has 7 heteroatoms. The van der Waals surface area contributed by atoms with Gasteiger partial charge in [-0.2, -0.15) is 18.3 Å². The molecule has 96 valence electrons. The molecule has 0 amide bonds. The summed E-state index contributed by atoms with van der Waals surface area (Å²) in [5.74, 6) is 0. The number of nitrogen functional groups attached to an aromatic ring is 1. The third kappa shape index (κ3) is 2.35. The van der Waals surface area contributed by atoms with Crippen LogP contribution < -0.4 is 5.73 Å². The monoisotopic (exact) mass is 319 g/mol. The zero-order valence-electron chi connectivity index (χ0n) is 9.29. The highest BCUT2D eigenvalue weighted by atomic mass is 79.9. The molecule has 0 aliphatic rings. The SMILES string of the molecule is Cc1cc(-n2cc(Br)c(C(F)(F)F)n2)ccc1N. The fourth-order valence-electron chi connectivity index (χ4n) is 1.48. The maximum absolute atomic E-state index is 12.6. The van der Waals surface area contributed by atoms with E-state index in [0.29, 0.717) is 11.4 Å². The molecule has 1 aromatic heterocycles. The van der Waals surface area contributed by atoms with Crippen LogP contribution in [-0.2, 0) is 6.18 Å². The second-order valence-corrected chi connectivity index (χ2v) is 4.66. The van der Waals surface area contributed by atoms with Gasteiger partial charge in [0.15, 0.2) is 5.69 Å². The van der Waals surface area contributed by atoms with Crippen LogP contribution in [0.5, 0.6) is 0 Å². The second-order valence-electron chi connectivity index (χ2n) is 3.81. The Labute approximate surface area is 110 Å². The third-order valence-electron chi connectivity index (χ3n) is 2.46. The number of alkyl halides is 3. The van der Waals surface area contributed by atoms with Gasteiger partial charge in [0, 0.05) is 11.9 Å². The summed E-state index contributed by atoms with van der Waals surface area (Å²) in [7, 11) is 0. The number of hydrogen-bond acceptors (Lipinski definition) is 2. The van der Waals surface area contributed by atoms with Gasteiger partial charge in [-0.1, -0.05) is 0 Å². The van der Waals surface area contributed by atoms with Crippen LogP contribution in [0.4, 0.5) is 18.9 Å². The summed E-state index contributed by atoms with van der Waals surface area (Å²) in [6.45, 7) is 1.78. The Bertz CT molecular complexity index is 590. The summed E-state index contributed by atoms with van der Waals surface area (Å²) in [4.78, 5) is 0. The molecular formula is C11H9BrF3N3. The molecule has 2 rings (SSSR count). The van der Waals surface area contributed by atoms with Crippen LogP contribution in [0.3, 0.4) is 0 Å². The summed E-state index contributed by atoms with van der Waals surface area (Å²) in [5, 5.41) is 3.53. The minimum absolute atomic E-state index is 0.0931. The number of nitrogens with zero attached hydrogens (tertiary/aromatic N) is 2. The zero-order chi connectivity index (χ0) is 13.5. The molecule has 1 aromatic carbocycles. The molecule has 0 saturated carbocycles. The van der Waals surface area contributed by atoms with Crippen LogP contribution in [0, 0.1) is 6.92 Å². The number of nitrogens with two attached hydrogens (primary N) is 1. The van der Waals surface area contributed by atoms with Gasteiger partial charge in [0.25, 0.3) is 0 Å². The standard InChI is InChI=1S/C11H9BrF3N3/c1-6-4-7(2-3-9(6)16)18-5-8(12)10(17-18)11(13,14)15/h2-5H,16H2,1H3. The number of aromatic nitrogens is 2. The van der Waals surface area contributed by atoms with Gasteiger partial charge in [0.2, 0.25) is 0 Å². The van der Waals surface area contributed by atoms with Crippen molar-refractivity contribution in [2.45, 2.75) is 13.1 Å². The van der Waals surface area contributed by atoms with Gasteiger partial charge in [0.05, 0.1) is 10.2 Å². The van der Waals surface area contributed by atoms with Crippen molar-refractivity contribution in [1.29, 1.82) is 0 Å². The van der Waals surface area contributed by atoms with E-state index < -0.39 is 11.9 Å². The molecule has 0 aliphatic heterocycles. The first kappa shape index (κ1) is 12.9. The Hall–Kier alpha value is -1.50. The lowest BCUT2D eigenvalue weighted by Crippen LogP contribution is -2.08. The van der Waals surface area contributed by atoms with E-state index in [0.717, 1.165) is 5.56 Å². The third-order valence-corrected chi connectivity index (χ3v) is 3.04. The highest BCUT2D eigenvalue weighted by Gasteiger charge is 2.36. The van der Waals surface area contributed by atoms with E-state index in [1.54, 1.807) is 25.1 Å². The smallest absolute Gasteiger partial charge is 0.399 e. The molecule has 18 heavy (non-hydrogen) atoms. The minimum Gasteiger partial charge on any atom is -0.399 e. The van der Waals surface area contributed by atoms with E-state index in [9.17, 15) is 13.2 Å². The van der Waals surface area contributed by atoms with Gasteiger partial charge in [-0.3, -0.25) is 0 Å². The number of anilines is 1. The lowest BCUT2D eigenvalue weighted by atomic mass is 10.2. The summed E-state index contributed by atoms with van der Waals surface area (Å²) < 4.78 is 38.9. The van der Waals surface area contributed by atoms with Crippen molar-refractivity contribution < 1.29 is 13.2 Å². The lowest BCUT2D eigenvalue weighted by Gasteiger charge is -2.05.